The number of aromatic hydroxyl groups is 1. The topological polar surface area (TPSA) is 144 Å². The van der Waals surface area contributed by atoms with Gasteiger partial charge >= 0.3 is 0 Å². The number of methoxy groups -OCH3 is 1. The molecule has 2 aromatic rings. The third-order valence-electron chi connectivity index (χ3n) is 8.16. The molecule has 4 atom stereocenters. The van der Waals surface area contributed by atoms with Gasteiger partial charge < -0.3 is 9.84 Å². The first kappa shape index (κ1) is 25.9. The Balaban J connectivity index is 1.49. The van der Waals surface area contributed by atoms with E-state index < -0.39 is 40.4 Å². The molecule has 0 unspecified atom stereocenters. The molecule has 0 bridgehead atoms. The molecule has 4 aliphatic rings. The Kier molecular flexibility index (Phi) is 6.06. The van der Waals surface area contributed by atoms with Crippen molar-refractivity contribution in [2.45, 2.75) is 18.8 Å². The maximum atomic E-state index is 13.9. The lowest BCUT2D eigenvalue weighted by molar-refractivity contribution is -0.384. The summed E-state index contributed by atoms with van der Waals surface area (Å²) < 4.78 is 5.65. The highest BCUT2D eigenvalue weighted by Gasteiger charge is 2.57. The van der Waals surface area contributed by atoms with Gasteiger partial charge in [-0.15, -0.1) is 0 Å². The van der Waals surface area contributed by atoms with Crippen molar-refractivity contribution in [3.05, 3.63) is 91.5 Å². The second-order valence-electron chi connectivity index (χ2n) is 10.1. The molecule has 2 aromatic carbocycles. The lowest BCUT2D eigenvalue weighted by Crippen LogP contribution is -2.39. The molecular formula is C29H21BrN2O8. The van der Waals surface area contributed by atoms with Crippen LogP contribution in [0.15, 0.2) is 75.8 Å². The van der Waals surface area contributed by atoms with Crippen LogP contribution in [0.2, 0.25) is 0 Å². The first-order valence-corrected chi connectivity index (χ1v) is 13.3. The summed E-state index contributed by atoms with van der Waals surface area (Å²) >= 11 is 3.19. The van der Waals surface area contributed by atoms with Crippen LogP contribution >= 0.6 is 15.9 Å². The predicted octanol–water partition coefficient (Wildman–Crippen LogP) is 4.28. The van der Waals surface area contributed by atoms with Crippen LogP contribution in [0.3, 0.4) is 0 Å². The Labute approximate surface area is 235 Å². The number of fused-ring (bicyclic) bond motifs is 3. The van der Waals surface area contributed by atoms with E-state index in [0.29, 0.717) is 11.3 Å². The Morgan fingerprint density at radius 1 is 1.07 bits per heavy atom. The highest BCUT2D eigenvalue weighted by molar-refractivity contribution is 9.12. The lowest BCUT2D eigenvalue weighted by atomic mass is 9.59. The third kappa shape index (κ3) is 3.75. The molecule has 1 saturated heterocycles. The van der Waals surface area contributed by atoms with Gasteiger partial charge in [0.2, 0.25) is 11.8 Å². The highest BCUT2D eigenvalue weighted by atomic mass is 79.9. The van der Waals surface area contributed by atoms with Crippen LogP contribution in [-0.2, 0) is 19.2 Å². The Bertz CT molecular complexity index is 1650. The molecule has 40 heavy (non-hydrogen) atoms. The zero-order chi connectivity index (χ0) is 28.5. The molecule has 1 aliphatic heterocycles. The van der Waals surface area contributed by atoms with Crippen molar-refractivity contribution in [2.24, 2.45) is 17.8 Å². The Morgan fingerprint density at radius 3 is 2.58 bits per heavy atom. The fraction of sp³-hybridized carbons (Fsp3) is 0.241. The van der Waals surface area contributed by atoms with Gasteiger partial charge in [-0.2, -0.15) is 0 Å². The number of non-ortho nitro benzene ring substituents is 1. The molecule has 0 saturated carbocycles. The largest absolute Gasteiger partial charge is 0.508 e. The van der Waals surface area contributed by atoms with E-state index >= 15 is 0 Å². The predicted molar refractivity (Wildman–Crippen MR) is 145 cm³/mol. The van der Waals surface area contributed by atoms with E-state index in [2.05, 4.69) is 15.9 Å². The summed E-state index contributed by atoms with van der Waals surface area (Å²) in [4.78, 5) is 65.9. The van der Waals surface area contributed by atoms with Crippen LogP contribution in [0.1, 0.15) is 24.3 Å². The van der Waals surface area contributed by atoms with Gasteiger partial charge in [0, 0.05) is 46.9 Å². The average molecular weight is 605 g/mol. The van der Waals surface area contributed by atoms with Gasteiger partial charge in [0.05, 0.1) is 34.0 Å². The smallest absolute Gasteiger partial charge is 0.271 e. The number of benzene rings is 2. The van der Waals surface area contributed by atoms with Crippen LogP contribution < -0.4 is 9.64 Å². The fourth-order valence-corrected chi connectivity index (χ4v) is 6.95. The molecule has 1 N–H and O–H groups in total. The number of anilines is 1. The number of hydrogen-bond donors (Lipinski definition) is 1. The number of nitrogens with zero attached hydrogens (tertiary/aromatic N) is 2. The number of amides is 2. The number of rotatable bonds is 4. The van der Waals surface area contributed by atoms with Gasteiger partial charge in [0.25, 0.3) is 5.69 Å². The number of ether oxygens (including phenoxy) is 1. The van der Waals surface area contributed by atoms with E-state index in [-0.39, 0.29) is 57.2 Å². The number of allylic oxidation sites excluding steroid dienone is 6. The molecule has 1 heterocycles. The van der Waals surface area contributed by atoms with Crippen LogP contribution in [-0.4, -0.2) is 40.5 Å². The summed E-state index contributed by atoms with van der Waals surface area (Å²) in [6.07, 6.45) is 3.39. The maximum absolute atomic E-state index is 13.9. The summed E-state index contributed by atoms with van der Waals surface area (Å²) in [5.41, 5.74) is 1.67. The van der Waals surface area contributed by atoms with Crippen LogP contribution in [0.25, 0.3) is 0 Å². The van der Waals surface area contributed by atoms with E-state index in [1.807, 2.05) is 6.08 Å². The van der Waals surface area contributed by atoms with Crippen molar-refractivity contribution >= 4 is 50.7 Å². The quantitative estimate of drug-likeness (QED) is 0.179. The average Bonchev–Trinajstić information content (AvgIpc) is 3.20. The van der Waals surface area contributed by atoms with Crippen LogP contribution in [0, 0.1) is 27.9 Å². The number of halogens is 1. The summed E-state index contributed by atoms with van der Waals surface area (Å²) in [6.45, 7) is 0. The van der Waals surface area contributed by atoms with Crippen molar-refractivity contribution in [3.8, 4) is 11.5 Å². The lowest BCUT2D eigenvalue weighted by Gasteiger charge is -2.42. The molecule has 0 spiro atoms. The zero-order valence-corrected chi connectivity index (χ0v) is 22.6. The molecule has 1 fully saturated rings. The van der Waals surface area contributed by atoms with Crippen LogP contribution in [0.5, 0.6) is 11.5 Å². The summed E-state index contributed by atoms with van der Waals surface area (Å²) in [5.74, 6) is -4.31. The second-order valence-corrected chi connectivity index (χ2v) is 11.0. The normalized spacial score (nSPS) is 25.7. The van der Waals surface area contributed by atoms with E-state index in [1.54, 1.807) is 6.07 Å². The standard InChI is InChI=1S/C29H21BrN2O8/c1-40-23-10-15(33)5-6-17(23)24-16-7-8-18-25(19(16)11-20-26(24)22(34)12-21(30)27(20)35)29(37)31(28(18)36)13-3-2-4-14(9-13)32(38)39/h2-7,9-10,12,18-19,24-25,33H,8,11H2,1H3/t18-,19+,24+,25-/m0/s1. The molecule has 6 rings (SSSR count). The number of ketones is 2. The molecule has 11 heteroatoms. The van der Waals surface area contributed by atoms with Crippen molar-refractivity contribution in [1.29, 1.82) is 0 Å². The molecule has 3 aliphatic carbocycles. The molecule has 2 amide bonds. The minimum Gasteiger partial charge on any atom is -0.508 e. The molecule has 202 valence electrons. The van der Waals surface area contributed by atoms with Crippen molar-refractivity contribution < 1.29 is 33.9 Å². The van der Waals surface area contributed by atoms with Gasteiger partial charge in [-0.1, -0.05) is 23.8 Å². The minimum atomic E-state index is -0.834. The van der Waals surface area contributed by atoms with Gasteiger partial charge in [0.15, 0.2) is 11.6 Å². The van der Waals surface area contributed by atoms with Crippen molar-refractivity contribution in [1.82, 2.24) is 0 Å². The number of nitro groups is 1. The SMILES string of the molecule is COc1cc(O)ccc1[C@H]1C2=CC[C@@H]3C(=O)N(c4cccc([N+](=O)[O-])c4)C(=O)[C@@H]3[C@@H]2CC2=C1C(=O)C=C(Br)C2=O. The summed E-state index contributed by atoms with van der Waals surface area (Å²) in [5, 5.41) is 21.4. The van der Waals surface area contributed by atoms with Crippen molar-refractivity contribution in [2.75, 3.05) is 12.0 Å². The van der Waals surface area contributed by atoms with Crippen LogP contribution in [0.4, 0.5) is 11.4 Å². The Morgan fingerprint density at radius 2 is 1.85 bits per heavy atom. The van der Waals surface area contributed by atoms with Gasteiger partial charge in [-0.25, -0.2) is 4.90 Å². The molecule has 10 nitrogen and oxygen atoms in total. The summed E-state index contributed by atoms with van der Waals surface area (Å²) in [7, 11) is 1.43. The van der Waals surface area contributed by atoms with Gasteiger partial charge in [0.1, 0.15) is 11.5 Å². The number of Topliss-reactive ketones (excluding diaryl/α,β-unsaturated/α-hetero) is 1. The van der Waals surface area contributed by atoms with Gasteiger partial charge in [-0.3, -0.25) is 29.3 Å². The molecular weight excluding hydrogens is 584 g/mol. The number of imide groups is 1. The zero-order valence-electron chi connectivity index (χ0n) is 21.0. The van der Waals surface area contributed by atoms with E-state index in [4.69, 9.17) is 4.74 Å². The molecule has 0 radical (unpaired) electrons. The second kappa shape index (κ2) is 9.37. The summed E-state index contributed by atoms with van der Waals surface area (Å²) in [6, 6.07) is 9.87. The van der Waals surface area contributed by atoms with E-state index in [9.17, 15) is 34.4 Å². The fourth-order valence-electron chi connectivity index (χ4n) is 6.50. The minimum absolute atomic E-state index is 0.0438. The first-order chi connectivity index (χ1) is 19.1. The van der Waals surface area contributed by atoms with E-state index in [1.165, 1.54) is 49.6 Å². The maximum Gasteiger partial charge on any atom is 0.271 e. The number of carbonyl (C=O) groups is 4. The number of hydrogen-bond acceptors (Lipinski definition) is 8. The Hall–Kier alpha value is -4.38. The highest BCUT2D eigenvalue weighted by Crippen LogP contribution is 2.56. The van der Waals surface area contributed by atoms with Crippen molar-refractivity contribution in [3.63, 3.8) is 0 Å². The first-order valence-electron chi connectivity index (χ1n) is 12.5. The molecule has 0 aromatic heterocycles. The third-order valence-corrected chi connectivity index (χ3v) is 8.75. The monoisotopic (exact) mass is 604 g/mol. The van der Waals surface area contributed by atoms with Gasteiger partial charge in [-0.05, 0) is 46.8 Å². The number of nitro benzene ring substituents is 1. The number of phenolic OH excluding ortho intramolecular Hbond substituents is 1. The van der Waals surface area contributed by atoms with E-state index in [0.717, 1.165) is 10.5 Å². The number of phenols is 1. The number of carbonyl (C=O) groups excluding carboxylic acids is 4.